The number of hydrogen-bond donors (Lipinski definition) is 1. The number of fused-ring (bicyclic) bond motifs is 1. The van der Waals surface area contributed by atoms with Crippen LogP contribution < -0.4 is 15.0 Å². The van der Waals surface area contributed by atoms with E-state index in [-0.39, 0.29) is 24.0 Å². The molecule has 0 saturated heterocycles. The van der Waals surface area contributed by atoms with Crippen molar-refractivity contribution < 1.29 is 4.74 Å². The predicted molar refractivity (Wildman–Crippen MR) is 124 cm³/mol. The first-order valence-electron chi connectivity index (χ1n) is 9.10. The minimum atomic E-state index is 0. The largest absolute Gasteiger partial charge is 0.492 e. The summed E-state index contributed by atoms with van der Waals surface area (Å²) in [5.41, 5.74) is 3.81. The first-order valence-corrected chi connectivity index (χ1v) is 9.10. The summed E-state index contributed by atoms with van der Waals surface area (Å²) in [6.45, 7) is 3.28. The third-order valence-electron chi connectivity index (χ3n) is 4.51. The number of benzene rings is 2. The SMILES string of the molecule is CN=C(NCc1cccc(OCCN(C)C)c1)N1CCc2ccccc21.I. The predicted octanol–water partition coefficient (Wildman–Crippen LogP) is 3.38. The quantitative estimate of drug-likeness (QED) is 0.391. The van der Waals surface area contributed by atoms with E-state index < -0.39 is 0 Å². The Balaban J connectivity index is 0.00000261. The standard InChI is InChI=1S/C21H28N4O.HI/c1-22-21(25-12-11-18-8-4-5-10-20(18)25)23-16-17-7-6-9-19(15-17)26-14-13-24(2)3;/h4-10,15H,11-14,16H2,1-3H3,(H,22,23);1H. The van der Waals surface area contributed by atoms with Gasteiger partial charge in [0, 0.05) is 32.4 Å². The lowest BCUT2D eigenvalue weighted by atomic mass is 10.2. The Hall–Kier alpha value is -1.80. The van der Waals surface area contributed by atoms with Crippen molar-refractivity contribution in [1.29, 1.82) is 0 Å². The van der Waals surface area contributed by atoms with Gasteiger partial charge in [-0.1, -0.05) is 30.3 Å². The van der Waals surface area contributed by atoms with Crippen LogP contribution in [0.2, 0.25) is 0 Å². The highest BCUT2D eigenvalue weighted by Gasteiger charge is 2.22. The average molecular weight is 480 g/mol. The molecule has 0 bridgehead atoms. The molecular formula is C21H29IN4O. The highest BCUT2D eigenvalue weighted by atomic mass is 127. The van der Waals surface area contributed by atoms with Crippen LogP contribution in [0.4, 0.5) is 5.69 Å². The van der Waals surface area contributed by atoms with Crippen LogP contribution in [0, 0.1) is 0 Å². The van der Waals surface area contributed by atoms with Crippen LogP contribution >= 0.6 is 24.0 Å². The molecule has 2 aromatic rings. The molecule has 1 heterocycles. The van der Waals surface area contributed by atoms with Gasteiger partial charge in [-0.15, -0.1) is 24.0 Å². The van der Waals surface area contributed by atoms with Crippen LogP contribution in [0.1, 0.15) is 11.1 Å². The average Bonchev–Trinajstić information content (AvgIpc) is 3.07. The summed E-state index contributed by atoms with van der Waals surface area (Å²) >= 11 is 0. The van der Waals surface area contributed by atoms with Crippen LogP contribution in [0.25, 0.3) is 0 Å². The van der Waals surface area contributed by atoms with Crippen LogP contribution in [0.15, 0.2) is 53.5 Å². The number of likely N-dealkylation sites (N-methyl/N-ethyl adjacent to an activating group) is 1. The van der Waals surface area contributed by atoms with E-state index in [1.807, 2.05) is 33.3 Å². The Labute approximate surface area is 179 Å². The number of hydrogen-bond acceptors (Lipinski definition) is 3. The fraction of sp³-hybridized carbons (Fsp3) is 0.381. The van der Waals surface area contributed by atoms with E-state index in [9.17, 15) is 0 Å². The zero-order chi connectivity index (χ0) is 18.4. The number of para-hydroxylation sites is 1. The van der Waals surface area contributed by atoms with E-state index in [2.05, 4.69) is 56.5 Å². The minimum absolute atomic E-state index is 0. The monoisotopic (exact) mass is 480 g/mol. The van der Waals surface area contributed by atoms with E-state index in [1.165, 1.54) is 16.8 Å². The van der Waals surface area contributed by atoms with E-state index in [1.54, 1.807) is 0 Å². The Morgan fingerprint density at radius 2 is 2.00 bits per heavy atom. The maximum Gasteiger partial charge on any atom is 0.198 e. The number of ether oxygens (including phenoxy) is 1. The number of nitrogens with zero attached hydrogens (tertiary/aromatic N) is 3. The number of anilines is 1. The van der Waals surface area contributed by atoms with Gasteiger partial charge in [-0.05, 0) is 49.8 Å². The molecule has 2 aromatic carbocycles. The molecule has 27 heavy (non-hydrogen) atoms. The molecule has 0 atom stereocenters. The molecule has 1 aliphatic heterocycles. The summed E-state index contributed by atoms with van der Waals surface area (Å²) in [7, 11) is 5.93. The lowest BCUT2D eigenvalue weighted by Crippen LogP contribution is -2.40. The van der Waals surface area contributed by atoms with E-state index in [0.29, 0.717) is 6.61 Å². The normalized spacial score (nSPS) is 13.3. The van der Waals surface area contributed by atoms with Crippen molar-refractivity contribution in [2.75, 3.05) is 45.7 Å². The number of aliphatic imine (C=N–C) groups is 1. The number of nitrogens with one attached hydrogen (secondary N) is 1. The molecule has 5 nitrogen and oxygen atoms in total. The second-order valence-corrected chi connectivity index (χ2v) is 6.73. The van der Waals surface area contributed by atoms with E-state index in [4.69, 9.17) is 4.74 Å². The fourth-order valence-corrected chi connectivity index (χ4v) is 3.13. The second kappa shape index (κ2) is 10.5. The van der Waals surface area contributed by atoms with E-state index >= 15 is 0 Å². The zero-order valence-corrected chi connectivity index (χ0v) is 18.6. The first-order chi connectivity index (χ1) is 12.7. The summed E-state index contributed by atoms with van der Waals surface area (Å²) < 4.78 is 5.83. The first kappa shape index (κ1) is 21.5. The molecule has 6 heteroatoms. The lowest BCUT2D eigenvalue weighted by molar-refractivity contribution is 0.261. The Morgan fingerprint density at radius 3 is 2.78 bits per heavy atom. The maximum absolute atomic E-state index is 5.83. The van der Waals surface area contributed by atoms with Crippen LogP contribution in [-0.4, -0.2) is 51.7 Å². The summed E-state index contributed by atoms with van der Waals surface area (Å²) in [5.74, 6) is 1.82. The smallest absolute Gasteiger partial charge is 0.198 e. The summed E-state index contributed by atoms with van der Waals surface area (Å²) in [4.78, 5) is 8.84. The lowest BCUT2D eigenvalue weighted by Gasteiger charge is -2.22. The Kier molecular flexibility index (Phi) is 8.37. The third kappa shape index (κ3) is 5.84. The van der Waals surface area contributed by atoms with Gasteiger partial charge in [0.25, 0.3) is 0 Å². The highest BCUT2D eigenvalue weighted by Crippen LogP contribution is 2.27. The van der Waals surface area contributed by atoms with Gasteiger partial charge in [-0.25, -0.2) is 0 Å². The van der Waals surface area contributed by atoms with Gasteiger partial charge in [0.1, 0.15) is 12.4 Å². The Bertz CT molecular complexity index is 763. The van der Waals surface area contributed by atoms with Crippen molar-refractivity contribution in [1.82, 2.24) is 10.2 Å². The van der Waals surface area contributed by atoms with Gasteiger partial charge in [-0.3, -0.25) is 4.99 Å². The van der Waals surface area contributed by atoms with Crippen LogP contribution in [0.5, 0.6) is 5.75 Å². The van der Waals surface area contributed by atoms with Crippen molar-refractivity contribution in [3.63, 3.8) is 0 Å². The topological polar surface area (TPSA) is 40.1 Å². The molecule has 3 rings (SSSR count). The molecule has 1 N–H and O–H groups in total. The van der Waals surface area contributed by atoms with Crippen LogP contribution in [0.3, 0.4) is 0 Å². The molecule has 0 saturated carbocycles. The molecule has 0 amide bonds. The highest BCUT2D eigenvalue weighted by molar-refractivity contribution is 14.0. The Morgan fingerprint density at radius 1 is 1.19 bits per heavy atom. The van der Waals surface area contributed by atoms with Gasteiger partial charge in [0.15, 0.2) is 5.96 Å². The minimum Gasteiger partial charge on any atom is -0.492 e. The van der Waals surface area contributed by atoms with Crippen molar-refractivity contribution in [3.8, 4) is 5.75 Å². The molecule has 0 spiro atoms. The third-order valence-corrected chi connectivity index (χ3v) is 4.51. The van der Waals surface area contributed by atoms with Gasteiger partial charge >= 0.3 is 0 Å². The van der Waals surface area contributed by atoms with Crippen molar-refractivity contribution in [3.05, 3.63) is 59.7 Å². The summed E-state index contributed by atoms with van der Waals surface area (Å²) in [6.07, 6.45) is 1.06. The second-order valence-electron chi connectivity index (χ2n) is 6.73. The van der Waals surface area contributed by atoms with Gasteiger partial charge in [-0.2, -0.15) is 0 Å². The van der Waals surface area contributed by atoms with Gasteiger partial charge in [0.2, 0.25) is 0 Å². The molecule has 0 aliphatic carbocycles. The summed E-state index contributed by atoms with van der Waals surface area (Å²) in [6, 6.07) is 16.8. The van der Waals surface area contributed by atoms with Crippen molar-refractivity contribution in [2.24, 2.45) is 4.99 Å². The molecule has 0 aromatic heterocycles. The molecule has 0 fully saturated rings. The van der Waals surface area contributed by atoms with E-state index in [0.717, 1.165) is 37.8 Å². The number of guanidine groups is 1. The van der Waals surface area contributed by atoms with Crippen molar-refractivity contribution in [2.45, 2.75) is 13.0 Å². The van der Waals surface area contributed by atoms with Crippen LogP contribution in [-0.2, 0) is 13.0 Å². The summed E-state index contributed by atoms with van der Waals surface area (Å²) in [5, 5.41) is 3.48. The maximum atomic E-state index is 5.83. The molecule has 146 valence electrons. The molecule has 0 unspecified atom stereocenters. The fourth-order valence-electron chi connectivity index (χ4n) is 3.13. The number of halogens is 1. The molecular weight excluding hydrogens is 451 g/mol. The molecule has 1 aliphatic rings. The number of rotatable bonds is 6. The van der Waals surface area contributed by atoms with Gasteiger partial charge in [0.05, 0.1) is 0 Å². The van der Waals surface area contributed by atoms with Crippen molar-refractivity contribution >= 4 is 35.6 Å². The van der Waals surface area contributed by atoms with Gasteiger partial charge < -0.3 is 19.9 Å². The molecule has 0 radical (unpaired) electrons. The zero-order valence-electron chi connectivity index (χ0n) is 16.3.